The van der Waals surface area contributed by atoms with E-state index in [9.17, 15) is 4.79 Å². The SMILES string of the molecule is CC(C)(C)NC(=O)[C@@H]1c2ccccc2N[C@H]2CCCC[C@H]21. The largest absolute Gasteiger partial charge is 0.382 e. The summed E-state index contributed by atoms with van der Waals surface area (Å²) in [6.07, 6.45) is 4.83. The van der Waals surface area contributed by atoms with Crippen molar-refractivity contribution < 1.29 is 4.79 Å². The molecule has 0 aromatic heterocycles. The van der Waals surface area contributed by atoms with E-state index in [1.165, 1.54) is 24.8 Å². The molecule has 21 heavy (non-hydrogen) atoms. The minimum Gasteiger partial charge on any atom is -0.382 e. The number of hydrogen-bond donors (Lipinski definition) is 2. The van der Waals surface area contributed by atoms with Gasteiger partial charge in [0.15, 0.2) is 0 Å². The fourth-order valence-electron chi connectivity index (χ4n) is 3.85. The van der Waals surface area contributed by atoms with Crippen LogP contribution in [-0.4, -0.2) is 17.5 Å². The van der Waals surface area contributed by atoms with Crippen molar-refractivity contribution in [3.05, 3.63) is 29.8 Å². The first-order valence-electron chi connectivity index (χ1n) is 8.13. The molecule has 2 N–H and O–H groups in total. The highest BCUT2D eigenvalue weighted by molar-refractivity contribution is 5.87. The minimum absolute atomic E-state index is 0.00743. The monoisotopic (exact) mass is 286 g/mol. The van der Waals surface area contributed by atoms with Crippen LogP contribution < -0.4 is 10.6 Å². The van der Waals surface area contributed by atoms with Crippen molar-refractivity contribution in [2.45, 2.75) is 64.0 Å². The molecule has 0 saturated heterocycles. The molecule has 0 spiro atoms. The van der Waals surface area contributed by atoms with E-state index in [0.29, 0.717) is 12.0 Å². The summed E-state index contributed by atoms with van der Waals surface area (Å²) in [5.41, 5.74) is 2.14. The van der Waals surface area contributed by atoms with Gasteiger partial charge in [0, 0.05) is 17.3 Å². The van der Waals surface area contributed by atoms with E-state index >= 15 is 0 Å². The van der Waals surface area contributed by atoms with E-state index < -0.39 is 0 Å². The van der Waals surface area contributed by atoms with Crippen LogP contribution in [0.4, 0.5) is 5.69 Å². The van der Waals surface area contributed by atoms with Crippen LogP contribution in [0.1, 0.15) is 57.9 Å². The second-order valence-electron chi connectivity index (χ2n) is 7.50. The summed E-state index contributed by atoms with van der Waals surface area (Å²) in [5, 5.41) is 6.86. The molecule has 1 aromatic carbocycles. The summed E-state index contributed by atoms with van der Waals surface area (Å²) in [7, 11) is 0. The lowest BCUT2D eigenvalue weighted by Gasteiger charge is -2.43. The van der Waals surface area contributed by atoms with Gasteiger partial charge in [-0.25, -0.2) is 0 Å². The molecule has 1 aliphatic carbocycles. The lowest BCUT2D eigenvalue weighted by atomic mass is 9.70. The molecule has 1 saturated carbocycles. The maximum atomic E-state index is 12.9. The predicted molar refractivity (Wildman–Crippen MR) is 86.4 cm³/mol. The number of fused-ring (bicyclic) bond motifs is 2. The molecule has 0 bridgehead atoms. The summed E-state index contributed by atoms with van der Waals surface area (Å²) >= 11 is 0. The molecular weight excluding hydrogens is 260 g/mol. The number of carbonyl (C=O) groups excluding carboxylic acids is 1. The molecule has 1 fully saturated rings. The zero-order chi connectivity index (χ0) is 15.0. The van der Waals surface area contributed by atoms with Crippen LogP contribution in [0.2, 0.25) is 0 Å². The van der Waals surface area contributed by atoms with E-state index in [-0.39, 0.29) is 17.4 Å². The first kappa shape index (κ1) is 14.4. The van der Waals surface area contributed by atoms with Crippen molar-refractivity contribution in [3.8, 4) is 0 Å². The van der Waals surface area contributed by atoms with E-state index in [1.807, 2.05) is 12.1 Å². The number of para-hydroxylation sites is 1. The van der Waals surface area contributed by atoms with Crippen LogP contribution in [0.25, 0.3) is 0 Å². The van der Waals surface area contributed by atoms with Gasteiger partial charge in [-0.1, -0.05) is 31.0 Å². The third kappa shape index (κ3) is 2.92. The zero-order valence-corrected chi connectivity index (χ0v) is 13.3. The highest BCUT2D eigenvalue weighted by Crippen LogP contribution is 2.44. The number of rotatable bonds is 1. The molecule has 0 radical (unpaired) electrons. The van der Waals surface area contributed by atoms with Gasteiger partial charge in [0.05, 0.1) is 5.92 Å². The molecule has 114 valence electrons. The van der Waals surface area contributed by atoms with Crippen LogP contribution in [0.3, 0.4) is 0 Å². The average Bonchev–Trinajstić information content (AvgIpc) is 2.42. The van der Waals surface area contributed by atoms with Crippen molar-refractivity contribution in [2.24, 2.45) is 5.92 Å². The van der Waals surface area contributed by atoms with Crippen molar-refractivity contribution in [1.82, 2.24) is 5.32 Å². The molecule has 3 nitrogen and oxygen atoms in total. The Morgan fingerprint density at radius 3 is 2.67 bits per heavy atom. The van der Waals surface area contributed by atoms with E-state index in [0.717, 1.165) is 12.1 Å². The van der Waals surface area contributed by atoms with Gasteiger partial charge in [-0.2, -0.15) is 0 Å². The first-order chi connectivity index (χ1) is 9.96. The standard InChI is InChI=1S/C18H26N2O/c1-18(2,3)20-17(21)16-12-8-4-6-10-14(12)19-15-11-7-5-9-13(15)16/h4,6,8,10,13,15-16,19H,5,7,9,11H2,1-3H3,(H,20,21)/t13-,15+,16-/m1/s1. The van der Waals surface area contributed by atoms with Crippen LogP contribution in [-0.2, 0) is 4.79 Å². The Morgan fingerprint density at radius 1 is 1.19 bits per heavy atom. The maximum Gasteiger partial charge on any atom is 0.228 e. The van der Waals surface area contributed by atoms with Crippen LogP contribution >= 0.6 is 0 Å². The molecule has 1 amide bonds. The smallest absolute Gasteiger partial charge is 0.228 e. The second-order valence-corrected chi connectivity index (χ2v) is 7.50. The van der Waals surface area contributed by atoms with Crippen molar-refractivity contribution in [2.75, 3.05) is 5.32 Å². The topological polar surface area (TPSA) is 41.1 Å². The van der Waals surface area contributed by atoms with Crippen LogP contribution in [0.5, 0.6) is 0 Å². The van der Waals surface area contributed by atoms with Crippen LogP contribution in [0.15, 0.2) is 24.3 Å². The Balaban J connectivity index is 1.96. The quantitative estimate of drug-likeness (QED) is 0.827. The van der Waals surface area contributed by atoms with Crippen LogP contribution in [0, 0.1) is 5.92 Å². The number of benzene rings is 1. The molecule has 2 aliphatic rings. The summed E-state index contributed by atoms with van der Waals surface area (Å²) in [4.78, 5) is 12.9. The predicted octanol–water partition coefficient (Wildman–Crippen LogP) is 3.67. The third-order valence-corrected chi connectivity index (χ3v) is 4.66. The second kappa shape index (κ2) is 5.36. The zero-order valence-electron chi connectivity index (χ0n) is 13.3. The lowest BCUT2D eigenvalue weighted by molar-refractivity contribution is -0.125. The normalized spacial score (nSPS) is 28.0. The molecule has 1 heterocycles. The lowest BCUT2D eigenvalue weighted by Crippen LogP contribution is -2.49. The summed E-state index contributed by atoms with van der Waals surface area (Å²) in [5.74, 6) is 0.608. The Hall–Kier alpha value is -1.51. The third-order valence-electron chi connectivity index (χ3n) is 4.66. The highest BCUT2D eigenvalue weighted by atomic mass is 16.2. The Morgan fingerprint density at radius 2 is 1.90 bits per heavy atom. The molecule has 1 aromatic rings. The molecule has 3 rings (SSSR count). The summed E-state index contributed by atoms with van der Waals surface area (Å²) in [6, 6.07) is 8.76. The minimum atomic E-state index is -0.179. The molecular formula is C18H26N2O. The van der Waals surface area contributed by atoms with Gasteiger partial charge in [-0.3, -0.25) is 4.79 Å². The summed E-state index contributed by atoms with van der Waals surface area (Å²) in [6.45, 7) is 6.16. The molecule has 0 unspecified atom stereocenters. The van der Waals surface area contributed by atoms with Gasteiger partial charge in [-0.05, 0) is 51.2 Å². The highest BCUT2D eigenvalue weighted by Gasteiger charge is 2.42. The van der Waals surface area contributed by atoms with Gasteiger partial charge in [0.25, 0.3) is 0 Å². The first-order valence-corrected chi connectivity index (χ1v) is 8.13. The molecule has 3 atom stereocenters. The van der Waals surface area contributed by atoms with Gasteiger partial charge in [0.1, 0.15) is 0 Å². The Bertz CT molecular complexity index is 532. The van der Waals surface area contributed by atoms with Gasteiger partial charge < -0.3 is 10.6 Å². The number of nitrogens with one attached hydrogen (secondary N) is 2. The number of amides is 1. The molecule has 3 heteroatoms. The van der Waals surface area contributed by atoms with Gasteiger partial charge >= 0.3 is 0 Å². The van der Waals surface area contributed by atoms with Crippen molar-refractivity contribution in [1.29, 1.82) is 0 Å². The summed E-state index contributed by atoms with van der Waals surface area (Å²) < 4.78 is 0. The van der Waals surface area contributed by atoms with E-state index in [4.69, 9.17) is 0 Å². The van der Waals surface area contributed by atoms with Gasteiger partial charge in [0.2, 0.25) is 5.91 Å². The fourth-order valence-corrected chi connectivity index (χ4v) is 3.85. The van der Waals surface area contributed by atoms with E-state index in [1.54, 1.807) is 0 Å². The Kier molecular flexibility index (Phi) is 3.68. The number of anilines is 1. The average molecular weight is 286 g/mol. The number of carbonyl (C=O) groups is 1. The van der Waals surface area contributed by atoms with Gasteiger partial charge in [-0.15, -0.1) is 0 Å². The molecule has 1 aliphatic heterocycles. The number of hydrogen-bond acceptors (Lipinski definition) is 2. The maximum absolute atomic E-state index is 12.9. The Labute approximate surface area is 127 Å². The van der Waals surface area contributed by atoms with Crippen molar-refractivity contribution in [3.63, 3.8) is 0 Å². The van der Waals surface area contributed by atoms with Crippen molar-refractivity contribution >= 4 is 11.6 Å². The fraction of sp³-hybridized carbons (Fsp3) is 0.611. The van der Waals surface area contributed by atoms with E-state index in [2.05, 4.69) is 43.5 Å².